The fourth-order valence-electron chi connectivity index (χ4n) is 3.14. The summed E-state index contributed by atoms with van der Waals surface area (Å²) in [6, 6.07) is 22.3. The maximum Gasteiger partial charge on any atom is 0.0114 e. The van der Waals surface area contributed by atoms with Crippen LogP contribution in [0.1, 0.15) is 29.9 Å². The first-order chi connectivity index (χ1) is 8.86. The molecule has 1 saturated heterocycles. The first-order valence-electron chi connectivity index (χ1n) is 6.69. The highest BCUT2D eigenvalue weighted by atomic mass is 15.0. The molecule has 0 spiro atoms. The lowest BCUT2D eigenvalue weighted by Gasteiger charge is -2.22. The zero-order valence-electron chi connectivity index (χ0n) is 10.7. The molecule has 0 saturated carbocycles. The van der Waals surface area contributed by atoms with E-state index in [2.05, 4.69) is 72.9 Å². The van der Waals surface area contributed by atoms with Gasteiger partial charge in [0.2, 0.25) is 0 Å². The normalized spacial score (nSPS) is 27.3. The van der Waals surface area contributed by atoms with Crippen molar-refractivity contribution in [1.29, 1.82) is 0 Å². The van der Waals surface area contributed by atoms with Crippen LogP contribution in [0.25, 0.3) is 0 Å². The Labute approximate surface area is 109 Å². The van der Waals surface area contributed by atoms with Gasteiger partial charge in [0, 0.05) is 24.4 Å². The zero-order valence-corrected chi connectivity index (χ0v) is 10.7. The molecule has 0 bridgehead atoms. The summed E-state index contributed by atoms with van der Waals surface area (Å²) in [6.07, 6.45) is 0. The number of hydrogen-bond acceptors (Lipinski definition) is 1. The molecule has 2 aromatic carbocycles. The molecule has 0 amide bonds. The molecule has 0 radical (unpaired) electrons. The molecule has 0 aliphatic carbocycles. The Kier molecular flexibility index (Phi) is 3.16. The molecule has 18 heavy (non-hydrogen) atoms. The van der Waals surface area contributed by atoms with Crippen molar-refractivity contribution in [2.45, 2.75) is 24.8 Å². The largest absolute Gasteiger partial charge is 0.313 e. The summed E-state index contributed by atoms with van der Waals surface area (Å²) in [7, 11) is 0. The molecule has 1 fully saturated rings. The fourth-order valence-corrected chi connectivity index (χ4v) is 3.14. The lowest BCUT2D eigenvalue weighted by atomic mass is 9.81. The fraction of sp³-hybridized carbons (Fsp3) is 0.294. The Morgan fingerprint density at radius 3 is 2.00 bits per heavy atom. The predicted molar refractivity (Wildman–Crippen MR) is 75.8 cm³/mol. The monoisotopic (exact) mass is 237 g/mol. The molecular weight excluding hydrogens is 218 g/mol. The SMILES string of the molecule is CC1NCC(c2ccccc2)C1c1ccccc1. The van der Waals surface area contributed by atoms with Crippen molar-refractivity contribution in [3.63, 3.8) is 0 Å². The zero-order chi connectivity index (χ0) is 12.4. The maximum absolute atomic E-state index is 3.62. The summed E-state index contributed by atoms with van der Waals surface area (Å²) >= 11 is 0. The van der Waals surface area contributed by atoms with Crippen molar-refractivity contribution in [2.75, 3.05) is 6.54 Å². The van der Waals surface area contributed by atoms with Gasteiger partial charge in [0.1, 0.15) is 0 Å². The van der Waals surface area contributed by atoms with E-state index < -0.39 is 0 Å². The first-order valence-corrected chi connectivity index (χ1v) is 6.69. The van der Waals surface area contributed by atoms with E-state index >= 15 is 0 Å². The third-order valence-electron chi connectivity index (χ3n) is 4.04. The molecule has 3 atom stereocenters. The van der Waals surface area contributed by atoms with Gasteiger partial charge in [-0.05, 0) is 18.1 Å². The van der Waals surface area contributed by atoms with Crippen molar-refractivity contribution in [1.82, 2.24) is 5.32 Å². The minimum Gasteiger partial charge on any atom is -0.313 e. The second-order valence-electron chi connectivity index (χ2n) is 5.15. The van der Waals surface area contributed by atoms with Gasteiger partial charge in [-0.2, -0.15) is 0 Å². The predicted octanol–water partition coefficient (Wildman–Crippen LogP) is 3.55. The molecule has 1 nitrogen and oxygen atoms in total. The van der Waals surface area contributed by atoms with E-state index in [0.29, 0.717) is 17.9 Å². The summed E-state index contributed by atoms with van der Waals surface area (Å²) in [6.45, 7) is 3.37. The molecule has 3 unspecified atom stereocenters. The molecule has 1 heterocycles. The van der Waals surface area contributed by atoms with Crippen molar-refractivity contribution >= 4 is 0 Å². The molecule has 2 aromatic rings. The van der Waals surface area contributed by atoms with Gasteiger partial charge >= 0.3 is 0 Å². The van der Waals surface area contributed by atoms with E-state index in [1.807, 2.05) is 0 Å². The van der Waals surface area contributed by atoms with Gasteiger partial charge in [-0.15, -0.1) is 0 Å². The van der Waals surface area contributed by atoms with Gasteiger partial charge in [0.05, 0.1) is 0 Å². The highest BCUT2D eigenvalue weighted by molar-refractivity contribution is 5.32. The van der Waals surface area contributed by atoms with Crippen molar-refractivity contribution in [2.24, 2.45) is 0 Å². The molecule has 92 valence electrons. The van der Waals surface area contributed by atoms with Crippen LogP contribution >= 0.6 is 0 Å². The molecule has 1 aliphatic rings. The van der Waals surface area contributed by atoms with Crippen LogP contribution in [0.5, 0.6) is 0 Å². The molecule has 1 N–H and O–H groups in total. The Balaban J connectivity index is 1.96. The summed E-state index contributed by atoms with van der Waals surface area (Å²) in [5.74, 6) is 1.16. The van der Waals surface area contributed by atoms with E-state index in [9.17, 15) is 0 Å². The summed E-state index contributed by atoms with van der Waals surface area (Å²) in [5, 5.41) is 3.62. The highest BCUT2D eigenvalue weighted by Crippen LogP contribution is 2.39. The van der Waals surface area contributed by atoms with Crippen LogP contribution in [0.4, 0.5) is 0 Å². The van der Waals surface area contributed by atoms with E-state index in [1.165, 1.54) is 11.1 Å². The Hall–Kier alpha value is -1.60. The summed E-state index contributed by atoms with van der Waals surface area (Å²) < 4.78 is 0. The molecular formula is C17H19N. The number of rotatable bonds is 2. The van der Waals surface area contributed by atoms with Gasteiger partial charge in [-0.1, -0.05) is 60.7 Å². The number of nitrogens with one attached hydrogen (secondary N) is 1. The Morgan fingerprint density at radius 1 is 0.833 bits per heavy atom. The van der Waals surface area contributed by atoms with Gasteiger partial charge in [-0.25, -0.2) is 0 Å². The average molecular weight is 237 g/mol. The summed E-state index contributed by atoms with van der Waals surface area (Å²) in [5.41, 5.74) is 2.90. The van der Waals surface area contributed by atoms with E-state index in [1.54, 1.807) is 0 Å². The van der Waals surface area contributed by atoms with E-state index in [4.69, 9.17) is 0 Å². The highest BCUT2D eigenvalue weighted by Gasteiger charge is 2.34. The molecule has 3 rings (SSSR count). The van der Waals surface area contributed by atoms with Crippen molar-refractivity contribution in [3.8, 4) is 0 Å². The van der Waals surface area contributed by atoms with E-state index in [-0.39, 0.29) is 0 Å². The van der Waals surface area contributed by atoms with Crippen LogP contribution < -0.4 is 5.32 Å². The third kappa shape index (κ3) is 2.06. The maximum atomic E-state index is 3.62. The van der Waals surface area contributed by atoms with E-state index in [0.717, 1.165) is 6.54 Å². The van der Waals surface area contributed by atoms with Crippen LogP contribution in [0.3, 0.4) is 0 Å². The van der Waals surface area contributed by atoms with Crippen LogP contribution in [0.15, 0.2) is 60.7 Å². The Bertz CT molecular complexity index is 492. The number of hydrogen-bond donors (Lipinski definition) is 1. The van der Waals surface area contributed by atoms with Gasteiger partial charge in [0.15, 0.2) is 0 Å². The smallest absolute Gasteiger partial charge is 0.0114 e. The minimum absolute atomic E-state index is 0.539. The van der Waals surface area contributed by atoms with Crippen LogP contribution in [0.2, 0.25) is 0 Å². The molecule has 1 aliphatic heterocycles. The quantitative estimate of drug-likeness (QED) is 0.842. The van der Waals surface area contributed by atoms with Crippen molar-refractivity contribution in [3.05, 3.63) is 71.8 Å². The third-order valence-corrected chi connectivity index (χ3v) is 4.04. The Morgan fingerprint density at radius 2 is 1.39 bits per heavy atom. The lowest BCUT2D eigenvalue weighted by Crippen LogP contribution is -2.21. The van der Waals surface area contributed by atoms with Crippen LogP contribution in [0, 0.1) is 0 Å². The minimum atomic E-state index is 0.539. The topological polar surface area (TPSA) is 12.0 Å². The summed E-state index contributed by atoms with van der Waals surface area (Å²) in [4.78, 5) is 0. The lowest BCUT2D eigenvalue weighted by molar-refractivity contribution is 0.568. The second-order valence-corrected chi connectivity index (χ2v) is 5.15. The second kappa shape index (κ2) is 4.95. The van der Waals surface area contributed by atoms with Crippen molar-refractivity contribution < 1.29 is 0 Å². The first kappa shape index (κ1) is 11.5. The molecule has 0 aromatic heterocycles. The average Bonchev–Trinajstić information content (AvgIpc) is 2.83. The van der Waals surface area contributed by atoms with Gasteiger partial charge in [-0.3, -0.25) is 0 Å². The van der Waals surface area contributed by atoms with Gasteiger partial charge in [0.25, 0.3) is 0 Å². The van der Waals surface area contributed by atoms with Gasteiger partial charge < -0.3 is 5.32 Å². The van der Waals surface area contributed by atoms with Crippen LogP contribution in [-0.2, 0) is 0 Å². The van der Waals surface area contributed by atoms with Crippen LogP contribution in [-0.4, -0.2) is 12.6 Å². The standard InChI is InChI=1S/C17H19N/c1-13-17(15-10-6-3-7-11-15)16(12-18-13)14-8-4-2-5-9-14/h2-11,13,16-18H,12H2,1H3. The number of benzene rings is 2. The molecule has 1 heteroatoms.